The van der Waals surface area contributed by atoms with Crippen LogP contribution in [0.2, 0.25) is 0 Å². The van der Waals surface area contributed by atoms with Crippen LogP contribution >= 0.6 is 7.82 Å². The fraction of sp³-hybridized carbons (Fsp3) is 0.865. The van der Waals surface area contributed by atoms with E-state index in [4.69, 9.17) is 9.05 Å². The zero-order valence-corrected chi connectivity index (χ0v) is 41.8. The smallest absolute Gasteiger partial charge is 0.387 e. The molecule has 0 saturated heterocycles. The third kappa shape index (κ3) is 46.5. The van der Waals surface area contributed by atoms with Crippen molar-refractivity contribution < 1.29 is 32.9 Å². The Kier molecular flexibility index (Phi) is 43.0. The number of aliphatic hydroxyl groups excluding tert-OH is 1. The molecule has 8 nitrogen and oxygen atoms in total. The van der Waals surface area contributed by atoms with Crippen molar-refractivity contribution in [1.29, 1.82) is 0 Å². The molecular weight excluding hydrogens is 780 g/mol. The van der Waals surface area contributed by atoms with Gasteiger partial charge in [0.1, 0.15) is 13.2 Å². The summed E-state index contributed by atoms with van der Waals surface area (Å²) >= 11 is 0. The van der Waals surface area contributed by atoms with Gasteiger partial charge in [-0.15, -0.1) is 0 Å². The molecule has 0 bridgehead atoms. The lowest BCUT2D eigenvalue weighted by Crippen LogP contribution is -2.45. The van der Waals surface area contributed by atoms with E-state index in [1.807, 2.05) is 27.2 Å². The molecule has 1 amide bonds. The van der Waals surface area contributed by atoms with Crippen molar-refractivity contribution in [2.75, 3.05) is 40.9 Å². The second kappa shape index (κ2) is 43.9. The fourth-order valence-corrected chi connectivity index (χ4v) is 8.20. The zero-order valence-electron chi connectivity index (χ0n) is 40.9. The SMILES string of the molecule is CCCCC/C=C\CCCCCCCC(=O)NC(COP(=O)(O)OCC[N+](C)(C)C)C(O)/C=C/CC/C=C/CCCCCCCCCCCCCCCCCCCCCCC. The fourth-order valence-electron chi connectivity index (χ4n) is 7.46. The van der Waals surface area contributed by atoms with Gasteiger partial charge in [-0.2, -0.15) is 0 Å². The van der Waals surface area contributed by atoms with Crippen LogP contribution in [0.15, 0.2) is 36.5 Å². The molecule has 360 valence electrons. The first kappa shape index (κ1) is 59.7. The third-order valence-corrected chi connectivity index (χ3v) is 12.6. The van der Waals surface area contributed by atoms with Crippen LogP contribution in [-0.2, 0) is 18.4 Å². The van der Waals surface area contributed by atoms with Gasteiger partial charge < -0.3 is 19.8 Å². The molecule has 3 unspecified atom stereocenters. The predicted octanol–water partition coefficient (Wildman–Crippen LogP) is 15.0. The van der Waals surface area contributed by atoms with Gasteiger partial charge in [-0.05, 0) is 57.8 Å². The summed E-state index contributed by atoms with van der Waals surface area (Å²) in [6.07, 6.45) is 55.3. The van der Waals surface area contributed by atoms with Crippen molar-refractivity contribution in [3.8, 4) is 0 Å². The van der Waals surface area contributed by atoms with Gasteiger partial charge >= 0.3 is 7.82 Å². The number of phosphoric acid groups is 1. The number of carbonyl (C=O) groups excluding carboxylic acids is 1. The normalized spacial score (nSPS) is 14.4. The summed E-state index contributed by atoms with van der Waals surface area (Å²) in [5, 5.41) is 13.8. The number of amides is 1. The van der Waals surface area contributed by atoms with E-state index in [0.717, 1.165) is 51.4 Å². The minimum Gasteiger partial charge on any atom is -0.387 e. The number of quaternary nitrogens is 1. The summed E-state index contributed by atoms with van der Waals surface area (Å²) in [5.41, 5.74) is 0. The van der Waals surface area contributed by atoms with Crippen LogP contribution in [0, 0.1) is 0 Å². The number of allylic oxidation sites excluding steroid dienone is 5. The highest BCUT2D eigenvalue weighted by Gasteiger charge is 2.27. The van der Waals surface area contributed by atoms with Crippen LogP contribution in [-0.4, -0.2) is 73.4 Å². The number of unbranched alkanes of at least 4 members (excludes halogenated alkanes) is 30. The molecule has 0 rings (SSSR count). The first-order valence-corrected chi connectivity index (χ1v) is 27.4. The van der Waals surface area contributed by atoms with E-state index >= 15 is 0 Å². The number of aliphatic hydroxyl groups is 1. The maximum Gasteiger partial charge on any atom is 0.472 e. The monoisotopic (exact) mass is 882 g/mol. The summed E-state index contributed by atoms with van der Waals surface area (Å²) in [5.74, 6) is -0.196. The maximum absolute atomic E-state index is 12.9. The molecule has 0 aliphatic rings. The lowest BCUT2D eigenvalue weighted by Gasteiger charge is -2.25. The highest BCUT2D eigenvalue weighted by atomic mass is 31.2. The Morgan fingerprint density at radius 2 is 0.902 bits per heavy atom. The summed E-state index contributed by atoms with van der Waals surface area (Å²) in [7, 11) is 1.55. The average Bonchev–Trinajstić information content (AvgIpc) is 3.21. The molecule has 61 heavy (non-hydrogen) atoms. The quantitative estimate of drug-likeness (QED) is 0.0243. The molecule has 0 aromatic rings. The Morgan fingerprint density at radius 1 is 0.541 bits per heavy atom. The lowest BCUT2D eigenvalue weighted by molar-refractivity contribution is -0.870. The number of carbonyl (C=O) groups is 1. The number of phosphoric ester groups is 1. The van der Waals surface area contributed by atoms with Gasteiger partial charge in [-0.25, -0.2) is 4.57 Å². The Balaban J connectivity index is 4.23. The summed E-state index contributed by atoms with van der Waals surface area (Å²) in [6, 6.07) is -0.866. The van der Waals surface area contributed by atoms with Gasteiger partial charge in [-0.3, -0.25) is 13.8 Å². The molecule has 0 aromatic heterocycles. The molecule has 0 aliphatic carbocycles. The molecule has 3 atom stereocenters. The maximum atomic E-state index is 12.9. The number of hydrogen-bond donors (Lipinski definition) is 3. The highest BCUT2D eigenvalue weighted by molar-refractivity contribution is 7.47. The first-order chi connectivity index (χ1) is 29.5. The lowest BCUT2D eigenvalue weighted by atomic mass is 10.0. The summed E-state index contributed by atoms with van der Waals surface area (Å²) < 4.78 is 23.6. The first-order valence-electron chi connectivity index (χ1n) is 25.9. The second-order valence-corrected chi connectivity index (χ2v) is 20.3. The molecule has 0 aromatic carbocycles. The summed E-state index contributed by atoms with van der Waals surface area (Å²) in [4.78, 5) is 23.1. The standard InChI is InChI=1S/C52H101N2O6P/c1-6-8-10-12-14-16-18-20-21-22-23-24-25-26-27-28-29-30-31-32-33-34-35-37-39-41-43-45-51(55)50(49-60-61(57,58)59-48-47-54(3,4)5)53-52(56)46-44-42-40-38-36-19-17-15-13-11-9-7-2/h15,17,35,37,43,45,50-51,55H,6-14,16,18-34,36,38-42,44,46-49H2,1-5H3,(H-,53,56,57,58)/p+1/b17-15-,37-35+,45-43+. The molecular formula is C52H102N2O6P+. The third-order valence-electron chi connectivity index (χ3n) is 11.6. The topological polar surface area (TPSA) is 105 Å². The molecule has 0 radical (unpaired) electrons. The number of hydrogen-bond acceptors (Lipinski definition) is 5. The van der Waals surface area contributed by atoms with Gasteiger partial charge in [0.2, 0.25) is 5.91 Å². The van der Waals surface area contributed by atoms with E-state index in [0.29, 0.717) is 17.4 Å². The Hall–Kier alpha value is -1.28. The van der Waals surface area contributed by atoms with Gasteiger partial charge in [0, 0.05) is 6.42 Å². The van der Waals surface area contributed by atoms with Crippen molar-refractivity contribution in [2.24, 2.45) is 0 Å². The van der Waals surface area contributed by atoms with Crippen molar-refractivity contribution in [3.63, 3.8) is 0 Å². The molecule has 0 fully saturated rings. The minimum absolute atomic E-state index is 0.0547. The van der Waals surface area contributed by atoms with E-state index in [-0.39, 0.29) is 19.1 Å². The van der Waals surface area contributed by atoms with Crippen LogP contribution in [0.25, 0.3) is 0 Å². The Morgan fingerprint density at radius 3 is 1.34 bits per heavy atom. The molecule has 0 aliphatic heterocycles. The van der Waals surface area contributed by atoms with Gasteiger partial charge in [0.25, 0.3) is 0 Å². The van der Waals surface area contributed by atoms with E-state index in [9.17, 15) is 19.4 Å². The second-order valence-electron chi connectivity index (χ2n) is 18.9. The number of rotatable bonds is 47. The predicted molar refractivity (Wildman–Crippen MR) is 263 cm³/mol. The van der Waals surface area contributed by atoms with Crippen LogP contribution in [0.4, 0.5) is 0 Å². The van der Waals surface area contributed by atoms with Crippen molar-refractivity contribution in [2.45, 2.75) is 251 Å². The van der Waals surface area contributed by atoms with Crippen LogP contribution in [0.1, 0.15) is 239 Å². The summed E-state index contributed by atoms with van der Waals surface area (Å²) in [6.45, 7) is 4.77. The number of likely N-dealkylation sites (N-methyl/N-ethyl adjacent to an activating group) is 1. The van der Waals surface area contributed by atoms with Gasteiger partial charge in [0.05, 0.1) is 39.9 Å². The zero-order chi connectivity index (χ0) is 45.0. The van der Waals surface area contributed by atoms with E-state index < -0.39 is 20.0 Å². The highest BCUT2D eigenvalue weighted by Crippen LogP contribution is 2.43. The van der Waals surface area contributed by atoms with Crippen LogP contribution in [0.3, 0.4) is 0 Å². The van der Waals surface area contributed by atoms with Crippen molar-refractivity contribution in [3.05, 3.63) is 36.5 Å². The van der Waals surface area contributed by atoms with Gasteiger partial charge in [0.15, 0.2) is 0 Å². The average molecular weight is 882 g/mol. The largest absolute Gasteiger partial charge is 0.472 e. The van der Waals surface area contributed by atoms with Crippen LogP contribution in [0.5, 0.6) is 0 Å². The molecule has 9 heteroatoms. The van der Waals surface area contributed by atoms with Crippen molar-refractivity contribution in [1.82, 2.24) is 5.32 Å². The van der Waals surface area contributed by atoms with E-state index in [1.54, 1.807) is 6.08 Å². The Labute approximate surface area is 378 Å². The van der Waals surface area contributed by atoms with Crippen molar-refractivity contribution >= 4 is 13.7 Å². The Bertz CT molecular complexity index is 1090. The molecule has 0 spiro atoms. The van der Waals surface area contributed by atoms with E-state index in [1.165, 1.54) is 167 Å². The molecule has 0 saturated carbocycles. The van der Waals surface area contributed by atoms with Crippen LogP contribution < -0.4 is 5.32 Å². The molecule has 0 heterocycles. The van der Waals surface area contributed by atoms with Gasteiger partial charge in [-0.1, -0.05) is 211 Å². The molecule has 3 N–H and O–H groups in total. The number of nitrogens with zero attached hydrogens (tertiary/aromatic N) is 1. The van der Waals surface area contributed by atoms with E-state index in [2.05, 4.69) is 43.5 Å². The number of nitrogens with one attached hydrogen (secondary N) is 1. The minimum atomic E-state index is -4.35.